The van der Waals surface area contributed by atoms with E-state index < -0.39 is 21.2 Å². The van der Waals surface area contributed by atoms with Crippen LogP contribution < -0.4 is 4.72 Å². The predicted octanol–water partition coefficient (Wildman–Crippen LogP) is 0.440. The van der Waals surface area contributed by atoms with Gasteiger partial charge in [0, 0.05) is 18.6 Å². The maximum absolute atomic E-state index is 12.0. The first-order valence-corrected chi connectivity index (χ1v) is 8.15. The Hall–Kier alpha value is -1.03. The van der Waals surface area contributed by atoms with Gasteiger partial charge in [-0.2, -0.15) is 0 Å². The van der Waals surface area contributed by atoms with Crippen molar-refractivity contribution in [2.45, 2.75) is 24.6 Å². The highest BCUT2D eigenvalue weighted by molar-refractivity contribution is 7.90. The smallest absolute Gasteiger partial charge is 0.355 e. The van der Waals surface area contributed by atoms with Gasteiger partial charge in [-0.15, -0.1) is 11.3 Å². The second-order valence-corrected chi connectivity index (χ2v) is 7.10. The molecule has 106 valence electrons. The summed E-state index contributed by atoms with van der Waals surface area (Å²) in [5, 5.41) is 10.1. The lowest BCUT2D eigenvalue weighted by Crippen LogP contribution is -2.37. The molecule has 7 nitrogen and oxygen atoms in total. The van der Waals surface area contributed by atoms with E-state index in [1.54, 1.807) is 0 Å². The summed E-state index contributed by atoms with van der Waals surface area (Å²) in [4.78, 5) is 14.5. The zero-order valence-electron chi connectivity index (χ0n) is 10.0. The second-order valence-electron chi connectivity index (χ2n) is 4.11. The molecule has 0 bridgehead atoms. The number of aromatic nitrogens is 1. The van der Waals surface area contributed by atoms with E-state index in [1.165, 1.54) is 5.38 Å². The molecule has 1 aliphatic rings. The molecule has 1 aromatic heterocycles. The zero-order chi connectivity index (χ0) is 13.9. The molecule has 1 fully saturated rings. The fourth-order valence-corrected chi connectivity index (χ4v) is 3.94. The predicted molar refractivity (Wildman–Crippen MR) is 68.7 cm³/mol. The second kappa shape index (κ2) is 5.95. The van der Waals surface area contributed by atoms with E-state index >= 15 is 0 Å². The minimum atomic E-state index is -3.40. The normalized spacial score (nSPS) is 17.5. The van der Waals surface area contributed by atoms with E-state index in [9.17, 15) is 13.2 Å². The van der Waals surface area contributed by atoms with Gasteiger partial charge in [-0.05, 0) is 12.8 Å². The number of aromatic carboxylic acids is 1. The fourth-order valence-electron chi connectivity index (χ4n) is 1.76. The van der Waals surface area contributed by atoms with Gasteiger partial charge in [0.1, 0.15) is 5.01 Å². The quantitative estimate of drug-likeness (QED) is 0.817. The highest BCUT2D eigenvalue weighted by atomic mass is 32.2. The van der Waals surface area contributed by atoms with Crippen molar-refractivity contribution in [3.05, 3.63) is 16.1 Å². The van der Waals surface area contributed by atoms with Gasteiger partial charge in [0.05, 0.1) is 11.8 Å². The lowest BCUT2D eigenvalue weighted by Gasteiger charge is -2.22. The van der Waals surface area contributed by atoms with Crippen molar-refractivity contribution in [3.8, 4) is 0 Å². The van der Waals surface area contributed by atoms with Crippen molar-refractivity contribution in [1.82, 2.24) is 9.71 Å². The standard InChI is InChI=1S/C10H14N2O5S2/c13-10(14)8-6-18-9(12-8)5-11-19(15,16)7-1-3-17-4-2-7/h6-7,11H,1-5H2,(H,13,14). The SMILES string of the molecule is O=C(O)c1csc(CNS(=O)(=O)C2CCOCC2)n1. The van der Waals surface area contributed by atoms with E-state index in [4.69, 9.17) is 9.84 Å². The first kappa shape index (κ1) is 14.4. The number of hydrogen-bond donors (Lipinski definition) is 2. The molecular weight excluding hydrogens is 292 g/mol. The first-order chi connectivity index (χ1) is 8.99. The average Bonchev–Trinajstić information content (AvgIpc) is 2.87. The molecule has 9 heteroatoms. The van der Waals surface area contributed by atoms with Gasteiger partial charge < -0.3 is 9.84 Å². The van der Waals surface area contributed by atoms with Crippen molar-refractivity contribution in [1.29, 1.82) is 0 Å². The van der Waals surface area contributed by atoms with Crippen molar-refractivity contribution < 1.29 is 23.1 Å². The summed E-state index contributed by atoms with van der Waals surface area (Å²) >= 11 is 1.12. The van der Waals surface area contributed by atoms with Crippen LogP contribution in [-0.4, -0.2) is 42.9 Å². The molecule has 0 aliphatic carbocycles. The molecule has 0 radical (unpaired) electrons. The summed E-state index contributed by atoms with van der Waals surface area (Å²) in [6.45, 7) is 0.926. The van der Waals surface area contributed by atoms with Crippen LogP contribution in [0.3, 0.4) is 0 Å². The number of carboxylic acids is 1. The molecular formula is C10H14N2O5S2. The summed E-state index contributed by atoms with van der Waals surface area (Å²) in [5.74, 6) is -1.12. The molecule has 19 heavy (non-hydrogen) atoms. The van der Waals surface area contributed by atoms with Gasteiger partial charge in [-0.1, -0.05) is 0 Å². The number of carboxylic acid groups (broad SMARTS) is 1. The molecule has 0 spiro atoms. The molecule has 0 amide bonds. The number of carbonyl (C=O) groups is 1. The topological polar surface area (TPSA) is 106 Å². The number of nitrogens with one attached hydrogen (secondary N) is 1. The maximum Gasteiger partial charge on any atom is 0.355 e. The monoisotopic (exact) mass is 306 g/mol. The third-order valence-electron chi connectivity index (χ3n) is 2.80. The molecule has 1 saturated heterocycles. The third-order valence-corrected chi connectivity index (χ3v) is 5.55. The Balaban J connectivity index is 1.94. The van der Waals surface area contributed by atoms with E-state index in [-0.39, 0.29) is 12.2 Å². The largest absolute Gasteiger partial charge is 0.476 e. The van der Waals surface area contributed by atoms with Gasteiger partial charge in [0.2, 0.25) is 10.0 Å². The highest BCUT2D eigenvalue weighted by Crippen LogP contribution is 2.16. The summed E-state index contributed by atoms with van der Waals surface area (Å²) in [6.07, 6.45) is 0.959. The Kier molecular flexibility index (Phi) is 4.50. The highest BCUT2D eigenvalue weighted by Gasteiger charge is 2.27. The average molecular weight is 306 g/mol. The van der Waals surface area contributed by atoms with Gasteiger partial charge >= 0.3 is 5.97 Å². The van der Waals surface area contributed by atoms with Crippen LogP contribution in [0, 0.1) is 0 Å². The van der Waals surface area contributed by atoms with Crippen molar-refractivity contribution >= 4 is 27.3 Å². The number of nitrogens with zero attached hydrogens (tertiary/aromatic N) is 1. The van der Waals surface area contributed by atoms with Crippen molar-refractivity contribution in [2.24, 2.45) is 0 Å². The number of sulfonamides is 1. The van der Waals surface area contributed by atoms with Gasteiger partial charge in [-0.3, -0.25) is 0 Å². The number of ether oxygens (including phenoxy) is 1. The van der Waals surface area contributed by atoms with E-state index in [0.717, 1.165) is 11.3 Å². The van der Waals surface area contributed by atoms with Crippen LogP contribution in [0.2, 0.25) is 0 Å². The molecule has 2 heterocycles. The lowest BCUT2D eigenvalue weighted by molar-refractivity contribution is 0.0691. The maximum atomic E-state index is 12.0. The van der Waals surface area contributed by atoms with Crippen LogP contribution in [-0.2, 0) is 21.3 Å². The van der Waals surface area contributed by atoms with E-state index in [0.29, 0.717) is 31.1 Å². The van der Waals surface area contributed by atoms with Crippen molar-refractivity contribution in [2.75, 3.05) is 13.2 Å². The summed E-state index contributed by atoms with van der Waals surface area (Å²) < 4.78 is 31.6. The fraction of sp³-hybridized carbons (Fsp3) is 0.600. The molecule has 2 N–H and O–H groups in total. The molecule has 0 atom stereocenters. The van der Waals surface area contributed by atoms with Crippen LogP contribution in [0.15, 0.2) is 5.38 Å². The van der Waals surface area contributed by atoms with Crippen LogP contribution in [0.4, 0.5) is 0 Å². The Labute approximate surface area is 114 Å². The van der Waals surface area contributed by atoms with Crippen LogP contribution in [0.1, 0.15) is 28.3 Å². The molecule has 1 aromatic rings. The summed E-state index contributed by atoms with van der Waals surface area (Å²) in [6, 6.07) is 0. The minimum Gasteiger partial charge on any atom is -0.476 e. The Morgan fingerprint density at radius 2 is 2.21 bits per heavy atom. The third kappa shape index (κ3) is 3.72. The number of rotatable bonds is 5. The zero-order valence-corrected chi connectivity index (χ0v) is 11.7. The van der Waals surface area contributed by atoms with Crippen LogP contribution in [0.5, 0.6) is 0 Å². The molecule has 0 unspecified atom stereocenters. The van der Waals surface area contributed by atoms with Crippen molar-refractivity contribution in [3.63, 3.8) is 0 Å². The molecule has 2 rings (SSSR count). The van der Waals surface area contributed by atoms with E-state index in [2.05, 4.69) is 9.71 Å². The first-order valence-electron chi connectivity index (χ1n) is 5.73. The summed E-state index contributed by atoms with van der Waals surface area (Å²) in [7, 11) is -3.40. The lowest BCUT2D eigenvalue weighted by atomic mass is 10.2. The van der Waals surface area contributed by atoms with Gasteiger partial charge in [0.25, 0.3) is 0 Å². The Bertz CT molecular complexity index is 548. The molecule has 0 saturated carbocycles. The molecule has 1 aliphatic heterocycles. The Morgan fingerprint density at radius 3 is 2.79 bits per heavy atom. The minimum absolute atomic E-state index is 0.0254. The van der Waals surface area contributed by atoms with Crippen LogP contribution >= 0.6 is 11.3 Å². The molecule has 0 aromatic carbocycles. The van der Waals surface area contributed by atoms with Gasteiger partial charge in [0.15, 0.2) is 5.69 Å². The number of hydrogen-bond acceptors (Lipinski definition) is 6. The van der Waals surface area contributed by atoms with E-state index in [1.807, 2.05) is 0 Å². The number of thiazole rings is 1. The summed E-state index contributed by atoms with van der Waals surface area (Å²) in [5.41, 5.74) is -0.0646. The van der Waals surface area contributed by atoms with Gasteiger partial charge in [-0.25, -0.2) is 22.9 Å². The van der Waals surface area contributed by atoms with Crippen LogP contribution in [0.25, 0.3) is 0 Å². The Morgan fingerprint density at radius 1 is 1.53 bits per heavy atom.